The normalized spacial score (nSPS) is 30.2. The third-order valence-corrected chi connectivity index (χ3v) is 9.60. The van der Waals surface area contributed by atoms with E-state index >= 15 is 0 Å². The zero-order chi connectivity index (χ0) is 30.7. The molecule has 0 unspecified atom stereocenters. The summed E-state index contributed by atoms with van der Waals surface area (Å²) in [5, 5.41) is 0. The van der Waals surface area contributed by atoms with E-state index in [9.17, 15) is 14.4 Å². The number of benzene rings is 1. The lowest BCUT2D eigenvalue weighted by atomic mass is 9.65. The largest absolute Gasteiger partial charge is 0.469 e. The van der Waals surface area contributed by atoms with Gasteiger partial charge in [-0.15, -0.1) is 0 Å². The number of allylic oxidation sites excluding steroid dienone is 3. The summed E-state index contributed by atoms with van der Waals surface area (Å²) >= 11 is 0. The Morgan fingerprint density at radius 3 is 2.67 bits per heavy atom. The molecule has 2 aliphatic carbocycles. The lowest BCUT2D eigenvalue weighted by Gasteiger charge is -2.44. The molecule has 2 heterocycles. The van der Waals surface area contributed by atoms with E-state index in [1.807, 2.05) is 32.0 Å². The van der Waals surface area contributed by atoms with E-state index < -0.39 is 6.09 Å². The number of amides is 1. The van der Waals surface area contributed by atoms with Crippen LogP contribution in [0.1, 0.15) is 71.8 Å². The topological polar surface area (TPSA) is 101 Å². The van der Waals surface area contributed by atoms with Gasteiger partial charge in [-0.1, -0.05) is 52.0 Å². The highest BCUT2D eigenvalue weighted by Crippen LogP contribution is 2.45. The Bertz CT molecular complexity index is 1260. The van der Waals surface area contributed by atoms with Gasteiger partial charge in [-0.2, -0.15) is 0 Å². The zero-order valence-corrected chi connectivity index (χ0v) is 26.0. The van der Waals surface area contributed by atoms with Crippen LogP contribution in [0.4, 0.5) is 4.79 Å². The maximum atomic E-state index is 13.4. The summed E-state index contributed by atoms with van der Waals surface area (Å²) in [6.45, 7) is 8.77. The van der Waals surface area contributed by atoms with Crippen LogP contribution in [0, 0.1) is 29.6 Å². The van der Waals surface area contributed by atoms with E-state index in [-0.39, 0.29) is 73.6 Å². The first-order valence-corrected chi connectivity index (χ1v) is 15.7. The summed E-state index contributed by atoms with van der Waals surface area (Å²) in [5.74, 6) is 1.65. The van der Waals surface area contributed by atoms with Crippen molar-refractivity contribution >= 4 is 18.0 Å². The number of fused-ring (bicyclic) bond motifs is 2. The molecule has 1 saturated heterocycles. The lowest BCUT2D eigenvalue weighted by molar-refractivity contribution is -0.158. The molecule has 1 aromatic rings. The number of methoxy groups -OCH3 is 1. The number of cyclic esters (lactones) is 1. The van der Waals surface area contributed by atoms with Crippen molar-refractivity contribution < 1.29 is 38.1 Å². The van der Waals surface area contributed by atoms with Gasteiger partial charge in [0, 0.05) is 24.9 Å². The predicted octanol–water partition coefficient (Wildman–Crippen LogP) is 6.20. The molecule has 8 atom stereocenters. The second kappa shape index (κ2) is 13.4. The van der Waals surface area contributed by atoms with Crippen LogP contribution >= 0.6 is 0 Å². The molecule has 43 heavy (non-hydrogen) atoms. The molecule has 1 aromatic carbocycles. The third-order valence-electron chi connectivity index (χ3n) is 9.60. The molecular weight excluding hydrogens is 550 g/mol. The summed E-state index contributed by atoms with van der Waals surface area (Å²) in [4.78, 5) is 40.2. The van der Waals surface area contributed by atoms with Crippen molar-refractivity contribution in [2.24, 2.45) is 29.6 Å². The van der Waals surface area contributed by atoms with E-state index in [1.165, 1.54) is 12.7 Å². The van der Waals surface area contributed by atoms with Crippen LogP contribution < -0.4 is 9.47 Å². The molecule has 0 N–H and O–H groups in total. The van der Waals surface area contributed by atoms with Crippen LogP contribution in [0.2, 0.25) is 0 Å². The SMILES string of the molecule is CC[C@H](C)C(=O)O[C@H]1C[C@@H](C)C=C2C=C[C@H](C)[C@H](CC[C@@H]3C[C@H](CC(=O)OC)N(Cc4ccc5c(c4)OCO5)C(=O)O3)[C@H]21. The molecule has 0 radical (unpaired) electrons. The Hall–Kier alpha value is -3.49. The second-order valence-electron chi connectivity index (χ2n) is 12.6. The maximum absolute atomic E-state index is 13.4. The molecule has 4 aliphatic rings. The van der Waals surface area contributed by atoms with Crippen molar-refractivity contribution in [1.82, 2.24) is 4.90 Å². The molecule has 9 nitrogen and oxygen atoms in total. The fourth-order valence-electron chi connectivity index (χ4n) is 6.95. The van der Waals surface area contributed by atoms with Gasteiger partial charge in [0.15, 0.2) is 11.5 Å². The van der Waals surface area contributed by atoms with Gasteiger partial charge in [-0.25, -0.2) is 4.79 Å². The number of hydrogen-bond donors (Lipinski definition) is 0. The number of nitrogens with zero attached hydrogens (tertiary/aromatic N) is 1. The first-order valence-electron chi connectivity index (χ1n) is 15.7. The van der Waals surface area contributed by atoms with Gasteiger partial charge in [0.25, 0.3) is 0 Å². The maximum Gasteiger partial charge on any atom is 0.410 e. The minimum atomic E-state index is -0.438. The molecule has 0 spiro atoms. The van der Waals surface area contributed by atoms with E-state index in [0.717, 1.165) is 24.8 Å². The Balaban J connectivity index is 1.29. The monoisotopic (exact) mass is 595 g/mol. The third kappa shape index (κ3) is 7.02. The summed E-state index contributed by atoms with van der Waals surface area (Å²) in [6.07, 6.45) is 9.47. The van der Waals surface area contributed by atoms with Gasteiger partial charge in [-0.05, 0) is 66.7 Å². The molecule has 9 heteroatoms. The summed E-state index contributed by atoms with van der Waals surface area (Å²) < 4.78 is 28.0. The van der Waals surface area contributed by atoms with Crippen LogP contribution in [0.15, 0.2) is 42.0 Å². The van der Waals surface area contributed by atoms with Crippen molar-refractivity contribution in [2.45, 2.75) is 91.0 Å². The van der Waals surface area contributed by atoms with E-state index in [0.29, 0.717) is 30.3 Å². The molecule has 5 rings (SSSR count). The van der Waals surface area contributed by atoms with Gasteiger partial charge in [0.1, 0.15) is 12.2 Å². The van der Waals surface area contributed by atoms with Gasteiger partial charge in [0.2, 0.25) is 6.79 Å². The lowest BCUT2D eigenvalue weighted by Crippen LogP contribution is -2.49. The Kier molecular flexibility index (Phi) is 9.67. The number of carbonyl (C=O) groups is 3. The Morgan fingerprint density at radius 2 is 1.91 bits per heavy atom. The van der Waals surface area contributed by atoms with Gasteiger partial charge in [0.05, 0.1) is 19.4 Å². The predicted molar refractivity (Wildman–Crippen MR) is 159 cm³/mol. The fraction of sp³-hybridized carbons (Fsp3) is 0.618. The quantitative estimate of drug-likeness (QED) is 0.233. The van der Waals surface area contributed by atoms with E-state index in [4.69, 9.17) is 23.7 Å². The van der Waals surface area contributed by atoms with E-state index in [2.05, 4.69) is 32.1 Å². The van der Waals surface area contributed by atoms with Crippen molar-refractivity contribution in [3.63, 3.8) is 0 Å². The van der Waals surface area contributed by atoms with Gasteiger partial charge in [-0.3, -0.25) is 9.59 Å². The van der Waals surface area contributed by atoms with Gasteiger partial charge >= 0.3 is 18.0 Å². The highest BCUT2D eigenvalue weighted by Gasteiger charge is 2.43. The Labute approximate surface area is 254 Å². The Morgan fingerprint density at radius 1 is 1.12 bits per heavy atom. The van der Waals surface area contributed by atoms with Crippen LogP contribution in [0.25, 0.3) is 0 Å². The van der Waals surface area contributed by atoms with Crippen molar-refractivity contribution in [2.75, 3.05) is 13.9 Å². The fourth-order valence-corrected chi connectivity index (χ4v) is 6.95. The average Bonchev–Trinajstić information content (AvgIpc) is 3.46. The number of carbonyl (C=O) groups excluding carboxylic acids is 3. The van der Waals surface area contributed by atoms with Crippen LogP contribution in [0.5, 0.6) is 11.5 Å². The molecule has 1 amide bonds. The second-order valence-corrected chi connectivity index (χ2v) is 12.6. The number of hydrogen-bond acceptors (Lipinski definition) is 8. The molecule has 2 aliphatic heterocycles. The summed E-state index contributed by atoms with van der Waals surface area (Å²) in [5.41, 5.74) is 2.10. The molecule has 234 valence electrons. The minimum Gasteiger partial charge on any atom is -0.469 e. The summed E-state index contributed by atoms with van der Waals surface area (Å²) in [7, 11) is 1.36. The highest BCUT2D eigenvalue weighted by molar-refractivity contribution is 5.74. The van der Waals surface area contributed by atoms with Gasteiger partial charge < -0.3 is 28.6 Å². The first-order chi connectivity index (χ1) is 20.7. The number of ether oxygens (including phenoxy) is 5. The first kappa shape index (κ1) is 31.0. The molecule has 0 bridgehead atoms. The zero-order valence-electron chi connectivity index (χ0n) is 26.0. The summed E-state index contributed by atoms with van der Waals surface area (Å²) in [6, 6.07) is 5.21. The average molecular weight is 596 g/mol. The van der Waals surface area contributed by atoms with Crippen LogP contribution in [0.3, 0.4) is 0 Å². The molecule has 1 fully saturated rings. The smallest absolute Gasteiger partial charge is 0.410 e. The van der Waals surface area contributed by atoms with Crippen LogP contribution in [-0.2, 0) is 30.3 Å². The standard InChI is InChI=1S/C34H45NO8/c1-6-21(3)33(37)43-30-14-20(2)13-24-9-7-22(4)27(32(24)30)11-10-26-16-25(17-31(36)39-5)35(34(38)42-26)18-23-8-12-28-29(15-23)41-19-40-28/h7-9,12-13,15,20-22,25-27,30,32H,6,10-11,14,16-19H2,1-5H3/t20-,21-,22-,25+,26+,27-,30-,32-/m0/s1. The van der Waals surface area contributed by atoms with Crippen LogP contribution in [-0.4, -0.2) is 55.1 Å². The molecule has 0 saturated carbocycles. The van der Waals surface area contributed by atoms with Crippen molar-refractivity contribution in [1.29, 1.82) is 0 Å². The minimum absolute atomic E-state index is 0.0935. The number of esters is 2. The highest BCUT2D eigenvalue weighted by atomic mass is 16.7. The number of rotatable bonds is 10. The van der Waals surface area contributed by atoms with Crippen molar-refractivity contribution in [3.8, 4) is 11.5 Å². The molecular formula is C34H45NO8. The molecule has 0 aromatic heterocycles. The van der Waals surface area contributed by atoms with E-state index in [1.54, 1.807) is 4.90 Å². The van der Waals surface area contributed by atoms with Crippen molar-refractivity contribution in [3.05, 3.63) is 47.6 Å².